The van der Waals surface area contributed by atoms with E-state index in [-0.39, 0.29) is 12.2 Å². The zero-order chi connectivity index (χ0) is 18.7. The SMILES string of the molecule is O=C(OCc1cc(Cl)c2c(c1)OCCO2)c1ccc(OC(F)(F)F)cc1. The van der Waals surface area contributed by atoms with Gasteiger partial charge < -0.3 is 18.9 Å². The Labute approximate surface area is 151 Å². The Kier molecular flexibility index (Phi) is 5.13. The molecule has 3 rings (SSSR count). The van der Waals surface area contributed by atoms with Gasteiger partial charge in [0.25, 0.3) is 0 Å². The second-order valence-electron chi connectivity index (χ2n) is 5.25. The number of fused-ring (bicyclic) bond motifs is 1. The minimum atomic E-state index is -4.79. The first-order chi connectivity index (χ1) is 12.3. The molecule has 1 heterocycles. The largest absolute Gasteiger partial charge is 0.573 e. The lowest BCUT2D eigenvalue weighted by molar-refractivity contribution is -0.274. The van der Waals surface area contributed by atoms with Crippen LogP contribution in [-0.4, -0.2) is 25.5 Å². The van der Waals surface area contributed by atoms with E-state index in [2.05, 4.69) is 4.74 Å². The van der Waals surface area contributed by atoms with Crippen LogP contribution in [0.3, 0.4) is 0 Å². The molecule has 0 fully saturated rings. The van der Waals surface area contributed by atoms with Gasteiger partial charge in [0.1, 0.15) is 25.6 Å². The Bertz CT molecular complexity index is 805. The highest BCUT2D eigenvalue weighted by atomic mass is 35.5. The lowest BCUT2D eigenvalue weighted by atomic mass is 10.2. The normalized spacial score (nSPS) is 13.2. The van der Waals surface area contributed by atoms with E-state index in [0.717, 1.165) is 12.1 Å². The summed E-state index contributed by atoms with van der Waals surface area (Å²) in [5, 5.41) is 0.335. The van der Waals surface area contributed by atoms with Crippen LogP contribution in [0.15, 0.2) is 36.4 Å². The molecule has 138 valence electrons. The quantitative estimate of drug-likeness (QED) is 0.728. The van der Waals surface area contributed by atoms with Crippen molar-refractivity contribution in [2.45, 2.75) is 13.0 Å². The molecule has 0 radical (unpaired) electrons. The Morgan fingerprint density at radius 1 is 1.12 bits per heavy atom. The third kappa shape index (κ3) is 4.51. The number of hydrogen-bond acceptors (Lipinski definition) is 5. The lowest BCUT2D eigenvalue weighted by Gasteiger charge is -2.20. The van der Waals surface area contributed by atoms with Gasteiger partial charge >= 0.3 is 12.3 Å². The van der Waals surface area contributed by atoms with Crippen LogP contribution in [0.2, 0.25) is 5.02 Å². The molecule has 0 unspecified atom stereocenters. The molecule has 0 saturated carbocycles. The zero-order valence-corrected chi connectivity index (χ0v) is 13.9. The molecule has 9 heteroatoms. The van der Waals surface area contributed by atoms with Crippen molar-refractivity contribution in [1.29, 1.82) is 0 Å². The minimum Gasteiger partial charge on any atom is -0.486 e. The maximum atomic E-state index is 12.1. The molecule has 0 N–H and O–H groups in total. The van der Waals surface area contributed by atoms with Crippen molar-refractivity contribution < 1.29 is 36.9 Å². The van der Waals surface area contributed by atoms with Crippen LogP contribution >= 0.6 is 11.6 Å². The van der Waals surface area contributed by atoms with E-state index in [4.69, 9.17) is 25.8 Å². The number of hydrogen-bond donors (Lipinski definition) is 0. The maximum absolute atomic E-state index is 12.1. The second-order valence-corrected chi connectivity index (χ2v) is 5.66. The van der Waals surface area contributed by atoms with Crippen LogP contribution in [-0.2, 0) is 11.3 Å². The molecule has 0 bridgehead atoms. The van der Waals surface area contributed by atoms with Gasteiger partial charge in [-0.2, -0.15) is 0 Å². The number of ether oxygens (including phenoxy) is 4. The number of carbonyl (C=O) groups is 1. The van der Waals surface area contributed by atoms with Crippen molar-refractivity contribution in [2.75, 3.05) is 13.2 Å². The molecule has 0 amide bonds. The molecule has 0 saturated heterocycles. The predicted octanol–water partition coefficient (Wildman–Crippen LogP) is 4.37. The maximum Gasteiger partial charge on any atom is 0.573 e. The van der Waals surface area contributed by atoms with Crippen molar-refractivity contribution in [3.8, 4) is 17.2 Å². The lowest BCUT2D eigenvalue weighted by Crippen LogP contribution is -2.17. The monoisotopic (exact) mass is 388 g/mol. The summed E-state index contributed by atoms with van der Waals surface area (Å²) in [5.41, 5.74) is 0.674. The zero-order valence-electron chi connectivity index (χ0n) is 13.1. The number of esters is 1. The summed E-state index contributed by atoms with van der Waals surface area (Å²) < 4.78 is 56.1. The summed E-state index contributed by atoms with van der Waals surface area (Å²) in [7, 11) is 0. The molecule has 1 aliphatic heterocycles. The topological polar surface area (TPSA) is 54.0 Å². The Morgan fingerprint density at radius 3 is 2.50 bits per heavy atom. The summed E-state index contributed by atoms with van der Waals surface area (Å²) in [6.07, 6.45) is -4.79. The highest BCUT2D eigenvalue weighted by Gasteiger charge is 2.31. The average molecular weight is 389 g/mol. The smallest absolute Gasteiger partial charge is 0.486 e. The average Bonchev–Trinajstić information content (AvgIpc) is 2.59. The van der Waals surface area contributed by atoms with Gasteiger partial charge in [0, 0.05) is 0 Å². The number of benzene rings is 2. The van der Waals surface area contributed by atoms with Crippen LogP contribution in [0.5, 0.6) is 17.2 Å². The van der Waals surface area contributed by atoms with Crippen LogP contribution in [0.4, 0.5) is 13.2 Å². The van der Waals surface area contributed by atoms with Crippen molar-refractivity contribution in [2.24, 2.45) is 0 Å². The molecule has 0 aromatic heterocycles. The second kappa shape index (κ2) is 7.33. The predicted molar refractivity (Wildman–Crippen MR) is 84.7 cm³/mol. The Morgan fingerprint density at radius 2 is 1.81 bits per heavy atom. The van der Waals surface area contributed by atoms with Crippen molar-refractivity contribution in [1.82, 2.24) is 0 Å². The first kappa shape index (κ1) is 18.2. The van der Waals surface area contributed by atoms with Crippen LogP contribution in [0.1, 0.15) is 15.9 Å². The van der Waals surface area contributed by atoms with E-state index in [1.165, 1.54) is 12.1 Å². The van der Waals surface area contributed by atoms with E-state index in [1.807, 2.05) is 0 Å². The van der Waals surface area contributed by atoms with Gasteiger partial charge in [0.2, 0.25) is 0 Å². The van der Waals surface area contributed by atoms with Crippen LogP contribution < -0.4 is 14.2 Å². The molecule has 5 nitrogen and oxygen atoms in total. The molecule has 0 atom stereocenters. The van der Waals surface area contributed by atoms with Gasteiger partial charge in [-0.1, -0.05) is 11.6 Å². The third-order valence-electron chi connectivity index (χ3n) is 3.35. The first-order valence-corrected chi connectivity index (χ1v) is 7.80. The number of alkyl halides is 3. The van der Waals surface area contributed by atoms with E-state index in [9.17, 15) is 18.0 Å². The molecule has 2 aromatic carbocycles. The molecule has 2 aromatic rings. The van der Waals surface area contributed by atoms with E-state index in [0.29, 0.717) is 35.3 Å². The summed E-state index contributed by atoms with van der Waals surface area (Å²) in [6.45, 7) is 0.698. The fourth-order valence-electron chi connectivity index (χ4n) is 2.27. The molecule has 0 aliphatic carbocycles. The van der Waals surface area contributed by atoms with Crippen molar-refractivity contribution in [3.63, 3.8) is 0 Å². The van der Waals surface area contributed by atoms with E-state index >= 15 is 0 Å². The number of carbonyl (C=O) groups excluding carboxylic acids is 1. The van der Waals surface area contributed by atoms with Crippen molar-refractivity contribution >= 4 is 17.6 Å². The van der Waals surface area contributed by atoms with Crippen LogP contribution in [0.25, 0.3) is 0 Å². The van der Waals surface area contributed by atoms with E-state index in [1.54, 1.807) is 12.1 Å². The molecule has 1 aliphatic rings. The Balaban J connectivity index is 1.63. The van der Waals surface area contributed by atoms with Gasteiger partial charge in [-0.25, -0.2) is 4.79 Å². The van der Waals surface area contributed by atoms with Gasteiger partial charge in [0.15, 0.2) is 11.5 Å². The van der Waals surface area contributed by atoms with Crippen LogP contribution in [0, 0.1) is 0 Å². The van der Waals surface area contributed by atoms with Gasteiger partial charge in [0.05, 0.1) is 10.6 Å². The van der Waals surface area contributed by atoms with Crippen molar-refractivity contribution in [3.05, 3.63) is 52.5 Å². The summed E-state index contributed by atoms with van der Waals surface area (Å²) in [5.74, 6) is -0.223. The molecule has 0 spiro atoms. The van der Waals surface area contributed by atoms with Gasteiger partial charge in [-0.05, 0) is 42.0 Å². The van der Waals surface area contributed by atoms with Gasteiger partial charge in [-0.15, -0.1) is 13.2 Å². The molecular weight excluding hydrogens is 377 g/mol. The highest BCUT2D eigenvalue weighted by Crippen LogP contribution is 2.38. The summed E-state index contributed by atoms with van der Waals surface area (Å²) >= 11 is 6.10. The highest BCUT2D eigenvalue weighted by molar-refractivity contribution is 6.32. The first-order valence-electron chi connectivity index (χ1n) is 7.43. The fraction of sp³-hybridized carbons (Fsp3) is 0.235. The number of halogens is 4. The minimum absolute atomic E-state index is 0.0863. The van der Waals surface area contributed by atoms with E-state index < -0.39 is 18.1 Å². The standard InChI is InChI=1S/C17H12ClF3O5/c18-13-7-10(8-14-15(13)24-6-5-23-14)9-25-16(22)11-1-3-12(4-2-11)26-17(19,20)21/h1-4,7-8H,5-6,9H2. The molecular formula is C17H12ClF3O5. The Hall–Kier alpha value is -2.61. The number of rotatable bonds is 4. The summed E-state index contributed by atoms with van der Waals surface area (Å²) in [4.78, 5) is 12.0. The molecule has 26 heavy (non-hydrogen) atoms. The van der Waals surface area contributed by atoms with Gasteiger partial charge in [-0.3, -0.25) is 0 Å². The fourth-order valence-corrected chi connectivity index (χ4v) is 2.56. The summed E-state index contributed by atoms with van der Waals surface area (Å²) in [6, 6.07) is 7.66. The third-order valence-corrected chi connectivity index (χ3v) is 3.63.